The number of benzene rings is 3. The quantitative estimate of drug-likeness (QED) is 0.302. The lowest BCUT2D eigenvalue weighted by molar-refractivity contribution is -0.147. The van der Waals surface area contributed by atoms with Crippen molar-refractivity contribution in [3.8, 4) is 0 Å². The SMILES string of the molecule is Cc1ccc(C(=O)[C@H](C)OC(=O)CCC(=O)Nc2ccc(C(=O)OCC(=O)c3ccccc3)cc2)cc1. The van der Waals surface area contributed by atoms with E-state index in [4.69, 9.17) is 9.47 Å². The van der Waals surface area contributed by atoms with Gasteiger partial charge in [0.15, 0.2) is 18.5 Å². The van der Waals surface area contributed by atoms with E-state index >= 15 is 0 Å². The summed E-state index contributed by atoms with van der Waals surface area (Å²) in [6.45, 7) is 3.01. The van der Waals surface area contributed by atoms with Crippen molar-refractivity contribution < 1.29 is 33.4 Å². The van der Waals surface area contributed by atoms with E-state index < -0.39 is 23.9 Å². The van der Waals surface area contributed by atoms with Gasteiger partial charge in [0.05, 0.1) is 12.0 Å². The summed E-state index contributed by atoms with van der Waals surface area (Å²) in [5.41, 5.74) is 2.54. The van der Waals surface area contributed by atoms with E-state index in [1.165, 1.54) is 31.2 Å². The minimum absolute atomic E-state index is 0.143. The highest BCUT2D eigenvalue weighted by Crippen LogP contribution is 2.13. The van der Waals surface area contributed by atoms with Crippen molar-refractivity contribution >= 4 is 35.1 Å². The zero-order chi connectivity index (χ0) is 26.8. The average Bonchev–Trinajstić information content (AvgIpc) is 2.91. The molecule has 3 aromatic rings. The third-order valence-corrected chi connectivity index (χ3v) is 5.40. The Labute approximate surface area is 214 Å². The molecule has 0 heterocycles. The van der Waals surface area contributed by atoms with Gasteiger partial charge >= 0.3 is 11.9 Å². The first-order valence-corrected chi connectivity index (χ1v) is 11.7. The van der Waals surface area contributed by atoms with Gasteiger partial charge in [-0.25, -0.2) is 4.79 Å². The molecule has 0 spiro atoms. The van der Waals surface area contributed by atoms with Gasteiger partial charge < -0.3 is 14.8 Å². The van der Waals surface area contributed by atoms with Crippen molar-refractivity contribution in [3.05, 3.63) is 101 Å². The molecule has 1 amide bonds. The van der Waals surface area contributed by atoms with Crippen LogP contribution in [0.25, 0.3) is 0 Å². The number of Topliss-reactive ketones (excluding diaryl/α,β-unsaturated/α-hetero) is 2. The molecule has 0 saturated heterocycles. The predicted octanol–water partition coefficient (Wildman–Crippen LogP) is 4.57. The molecule has 0 bridgehead atoms. The largest absolute Gasteiger partial charge is 0.454 e. The Morgan fingerprint density at radius 2 is 1.38 bits per heavy atom. The maximum absolute atomic E-state index is 12.4. The molecule has 0 fully saturated rings. The van der Waals surface area contributed by atoms with Crippen molar-refractivity contribution in [2.24, 2.45) is 0 Å². The monoisotopic (exact) mass is 501 g/mol. The zero-order valence-corrected chi connectivity index (χ0v) is 20.6. The van der Waals surface area contributed by atoms with Crippen LogP contribution in [0, 0.1) is 6.92 Å². The van der Waals surface area contributed by atoms with Crippen LogP contribution in [0.3, 0.4) is 0 Å². The lowest BCUT2D eigenvalue weighted by Crippen LogP contribution is -2.25. The smallest absolute Gasteiger partial charge is 0.338 e. The van der Waals surface area contributed by atoms with Gasteiger partial charge in [-0.3, -0.25) is 19.2 Å². The maximum Gasteiger partial charge on any atom is 0.338 e. The predicted molar refractivity (Wildman–Crippen MR) is 136 cm³/mol. The maximum atomic E-state index is 12.4. The second kappa shape index (κ2) is 12.9. The summed E-state index contributed by atoms with van der Waals surface area (Å²) < 4.78 is 10.2. The highest BCUT2D eigenvalue weighted by atomic mass is 16.5. The topological polar surface area (TPSA) is 116 Å². The van der Waals surface area contributed by atoms with Crippen molar-refractivity contribution in [3.63, 3.8) is 0 Å². The van der Waals surface area contributed by atoms with Crippen LogP contribution in [0.2, 0.25) is 0 Å². The number of esters is 2. The first-order chi connectivity index (χ1) is 17.7. The van der Waals surface area contributed by atoms with Crippen molar-refractivity contribution in [2.75, 3.05) is 11.9 Å². The van der Waals surface area contributed by atoms with Gasteiger partial charge in [0.2, 0.25) is 11.7 Å². The second-order valence-electron chi connectivity index (χ2n) is 8.35. The fraction of sp³-hybridized carbons (Fsp3) is 0.207. The van der Waals surface area contributed by atoms with Crippen LogP contribution >= 0.6 is 0 Å². The standard InChI is InChI=1S/C29H27NO7/c1-19-8-10-22(11-9-19)28(34)20(2)37-27(33)17-16-26(32)30-24-14-12-23(13-15-24)29(35)36-18-25(31)21-6-4-3-5-7-21/h3-15,20H,16-18H2,1-2H3,(H,30,32)/t20-/m0/s1. The molecule has 0 aliphatic heterocycles. The first kappa shape index (κ1) is 27.0. The number of hydrogen-bond acceptors (Lipinski definition) is 7. The van der Waals surface area contributed by atoms with Gasteiger partial charge in [-0.2, -0.15) is 0 Å². The Balaban J connectivity index is 1.40. The Hall–Kier alpha value is -4.59. The Morgan fingerprint density at radius 3 is 2.03 bits per heavy atom. The fourth-order valence-corrected chi connectivity index (χ4v) is 3.31. The number of ether oxygens (including phenoxy) is 2. The van der Waals surface area contributed by atoms with E-state index in [0.717, 1.165) is 5.56 Å². The minimum atomic E-state index is -0.964. The molecule has 190 valence electrons. The zero-order valence-electron chi connectivity index (χ0n) is 20.6. The Bertz CT molecular complexity index is 1270. The number of ketones is 2. The molecular weight excluding hydrogens is 474 g/mol. The van der Waals surface area contributed by atoms with Crippen LogP contribution < -0.4 is 5.32 Å². The highest BCUT2D eigenvalue weighted by Gasteiger charge is 2.20. The van der Waals surface area contributed by atoms with E-state index in [1.54, 1.807) is 54.6 Å². The van der Waals surface area contributed by atoms with Crippen molar-refractivity contribution in [1.29, 1.82) is 0 Å². The van der Waals surface area contributed by atoms with E-state index in [1.807, 2.05) is 6.92 Å². The van der Waals surface area contributed by atoms with E-state index in [2.05, 4.69) is 5.32 Å². The number of aryl methyl sites for hydroxylation is 1. The minimum Gasteiger partial charge on any atom is -0.454 e. The molecule has 3 rings (SSSR count). The van der Waals surface area contributed by atoms with Gasteiger partial charge in [-0.1, -0.05) is 60.2 Å². The summed E-state index contributed by atoms with van der Waals surface area (Å²) in [7, 11) is 0. The molecule has 0 aliphatic rings. The van der Waals surface area contributed by atoms with Crippen LogP contribution in [0.15, 0.2) is 78.9 Å². The number of anilines is 1. The molecule has 0 aliphatic carbocycles. The first-order valence-electron chi connectivity index (χ1n) is 11.7. The summed E-state index contributed by atoms with van der Waals surface area (Å²) in [4.78, 5) is 60.9. The third-order valence-electron chi connectivity index (χ3n) is 5.40. The van der Waals surface area contributed by atoms with Crippen LogP contribution in [0.5, 0.6) is 0 Å². The molecule has 8 heteroatoms. The van der Waals surface area contributed by atoms with E-state index in [0.29, 0.717) is 16.8 Å². The number of carbonyl (C=O) groups excluding carboxylic acids is 5. The molecule has 8 nitrogen and oxygen atoms in total. The van der Waals surface area contributed by atoms with Crippen LogP contribution in [-0.2, 0) is 19.1 Å². The molecule has 37 heavy (non-hydrogen) atoms. The highest BCUT2D eigenvalue weighted by molar-refractivity contribution is 6.01. The van der Waals surface area contributed by atoms with Gasteiger partial charge in [0.1, 0.15) is 0 Å². The normalized spacial score (nSPS) is 11.2. The van der Waals surface area contributed by atoms with Gasteiger partial charge in [-0.05, 0) is 38.1 Å². The molecule has 0 aromatic heterocycles. The molecule has 0 radical (unpaired) electrons. The number of amides is 1. The number of hydrogen-bond donors (Lipinski definition) is 1. The fourth-order valence-electron chi connectivity index (χ4n) is 3.31. The van der Waals surface area contributed by atoms with Gasteiger partial charge in [-0.15, -0.1) is 0 Å². The summed E-state index contributed by atoms with van der Waals surface area (Å²) in [6, 6.07) is 21.4. The molecule has 0 unspecified atom stereocenters. The number of rotatable bonds is 11. The summed E-state index contributed by atoms with van der Waals surface area (Å²) in [6.07, 6.45) is -1.30. The molecular formula is C29H27NO7. The number of carbonyl (C=O) groups is 5. The summed E-state index contributed by atoms with van der Waals surface area (Å²) in [5, 5.41) is 2.62. The van der Waals surface area contributed by atoms with Crippen molar-refractivity contribution in [1.82, 2.24) is 0 Å². The summed E-state index contributed by atoms with van der Waals surface area (Å²) in [5.74, 6) is -2.39. The molecule has 0 saturated carbocycles. The lowest BCUT2D eigenvalue weighted by Gasteiger charge is -2.12. The van der Waals surface area contributed by atoms with E-state index in [-0.39, 0.29) is 36.6 Å². The molecule has 1 atom stereocenters. The number of nitrogens with one attached hydrogen (secondary N) is 1. The Morgan fingerprint density at radius 1 is 0.757 bits per heavy atom. The molecule has 3 aromatic carbocycles. The molecule has 1 N–H and O–H groups in total. The van der Waals surface area contributed by atoms with Gasteiger partial charge in [0.25, 0.3) is 0 Å². The lowest BCUT2D eigenvalue weighted by atomic mass is 10.1. The average molecular weight is 502 g/mol. The van der Waals surface area contributed by atoms with Crippen LogP contribution in [-0.4, -0.2) is 42.1 Å². The second-order valence-corrected chi connectivity index (χ2v) is 8.35. The van der Waals surface area contributed by atoms with Crippen LogP contribution in [0.1, 0.15) is 56.4 Å². The van der Waals surface area contributed by atoms with Crippen molar-refractivity contribution in [2.45, 2.75) is 32.8 Å². The van der Waals surface area contributed by atoms with E-state index in [9.17, 15) is 24.0 Å². The Kier molecular flexibility index (Phi) is 9.43. The summed E-state index contributed by atoms with van der Waals surface area (Å²) >= 11 is 0. The third kappa shape index (κ3) is 8.24. The van der Waals surface area contributed by atoms with Gasteiger partial charge in [0, 0.05) is 23.2 Å². The van der Waals surface area contributed by atoms with Crippen LogP contribution in [0.4, 0.5) is 5.69 Å².